The Bertz CT molecular complexity index is 880. The monoisotopic (exact) mass is 343 g/mol. The summed E-state index contributed by atoms with van der Waals surface area (Å²) in [6.45, 7) is 1.69. The molecule has 1 atom stereocenters. The van der Waals surface area contributed by atoms with Gasteiger partial charge < -0.3 is 10.6 Å². The Morgan fingerprint density at radius 3 is 2.71 bits per heavy atom. The number of carbonyl (C=O) groups excluding carboxylic acids is 2. The molecule has 0 aromatic heterocycles. The number of anilines is 1. The normalized spacial score (nSPS) is 21.6. The topological polar surface area (TPSA) is 66.6 Å². The van der Waals surface area contributed by atoms with Crippen molar-refractivity contribution in [1.29, 1.82) is 0 Å². The van der Waals surface area contributed by atoms with Crippen LogP contribution in [0.4, 0.5) is 5.69 Å². The van der Waals surface area contributed by atoms with Crippen LogP contribution in [0.15, 0.2) is 24.3 Å². The third kappa shape index (κ3) is 2.12. The van der Waals surface area contributed by atoms with Gasteiger partial charge in [0.2, 0.25) is 0 Å². The maximum absolute atomic E-state index is 13.1. The summed E-state index contributed by atoms with van der Waals surface area (Å²) in [7, 11) is 2.01. The third-order valence-electron chi connectivity index (χ3n) is 5.02. The molecule has 0 radical (unpaired) electrons. The van der Waals surface area contributed by atoms with Gasteiger partial charge in [0.05, 0.1) is 22.3 Å². The molecule has 2 aromatic carbocycles. The first-order valence-corrected chi connectivity index (χ1v) is 8.44. The Morgan fingerprint density at radius 2 is 1.96 bits per heavy atom. The molecule has 0 unspecified atom stereocenters. The number of nitrogen functional groups attached to an aromatic ring is 1. The minimum Gasteiger partial charge on any atom is -0.397 e. The first-order chi connectivity index (χ1) is 11.5. The number of piperidine rings is 1. The van der Waals surface area contributed by atoms with Crippen molar-refractivity contribution in [2.24, 2.45) is 0 Å². The van der Waals surface area contributed by atoms with E-state index >= 15 is 0 Å². The quantitative estimate of drug-likeness (QED) is 0.638. The van der Waals surface area contributed by atoms with Gasteiger partial charge in [0, 0.05) is 22.9 Å². The molecule has 2 aliphatic rings. The van der Waals surface area contributed by atoms with E-state index in [2.05, 4.69) is 4.90 Å². The van der Waals surface area contributed by atoms with Crippen molar-refractivity contribution < 1.29 is 9.59 Å². The van der Waals surface area contributed by atoms with Crippen LogP contribution >= 0.6 is 11.6 Å². The second-order valence-electron chi connectivity index (χ2n) is 6.59. The van der Waals surface area contributed by atoms with Crippen LogP contribution in [-0.4, -0.2) is 47.8 Å². The number of imide groups is 1. The fourth-order valence-electron chi connectivity index (χ4n) is 3.85. The molecule has 1 fully saturated rings. The van der Waals surface area contributed by atoms with Crippen molar-refractivity contribution in [3.63, 3.8) is 0 Å². The molecule has 2 N–H and O–H groups in total. The maximum atomic E-state index is 13.1. The Hall–Kier alpha value is -2.11. The number of hydrogen-bond acceptors (Lipinski definition) is 4. The molecular weight excluding hydrogens is 326 g/mol. The highest BCUT2D eigenvalue weighted by Gasteiger charge is 2.39. The summed E-state index contributed by atoms with van der Waals surface area (Å²) >= 11 is 6.22. The molecule has 0 bridgehead atoms. The predicted octanol–water partition coefficient (Wildman–Crippen LogP) is 2.77. The smallest absolute Gasteiger partial charge is 0.261 e. The number of benzene rings is 2. The van der Waals surface area contributed by atoms with Gasteiger partial charge in [-0.25, -0.2) is 0 Å². The molecule has 2 aromatic rings. The Morgan fingerprint density at radius 1 is 1.21 bits per heavy atom. The molecule has 0 aliphatic carbocycles. The van der Waals surface area contributed by atoms with Gasteiger partial charge in [-0.15, -0.1) is 0 Å². The van der Waals surface area contributed by atoms with Crippen LogP contribution in [-0.2, 0) is 0 Å². The van der Waals surface area contributed by atoms with Crippen molar-refractivity contribution in [3.05, 3.63) is 40.4 Å². The van der Waals surface area contributed by atoms with E-state index < -0.39 is 0 Å². The van der Waals surface area contributed by atoms with Crippen LogP contribution in [0.3, 0.4) is 0 Å². The zero-order valence-electron chi connectivity index (χ0n) is 13.4. The number of carbonyl (C=O) groups is 2. The number of halogens is 1. The van der Waals surface area contributed by atoms with E-state index in [1.807, 2.05) is 7.05 Å². The largest absolute Gasteiger partial charge is 0.397 e. The molecule has 2 heterocycles. The van der Waals surface area contributed by atoms with Gasteiger partial charge in [0.1, 0.15) is 0 Å². The standard InChI is InChI=1S/C18H18ClN3O2/c1-21-7-3-4-10(9-21)22-17(23)12-6-2-5-11-15(12)13(18(22)24)8-14(19)16(11)20/h2,5-6,8,10H,3-4,7,9,20H2,1H3/t10-/m1/s1. The minimum atomic E-state index is -0.272. The second-order valence-corrected chi connectivity index (χ2v) is 6.99. The molecule has 0 spiro atoms. The van der Waals surface area contributed by atoms with Gasteiger partial charge in [-0.1, -0.05) is 23.7 Å². The molecule has 1 saturated heterocycles. The summed E-state index contributed by atoms with van der Waals surface area (Å²) in [5, 5.41) is 1.63. The fourth-order valence-corrected chi connectivity index (χ4v) is 4.06. The van der Waals surface area contributed by atoms with E-state index in [0.29, 0.717) is 39.2 Å². The lowest BCUT2D eigenvalue weighted by Gasteiger charge is -2.38. The SMILES string of the molecule is CN1CCC[C@@H](N2C(=O)c3cccc4c(N)c(Cl)cc(c34)C2=O)C1. The molecule has 5 nitrogen and oxygen atoms in total. The highest BCUT2D eigenvalue weighted by molar-refractivity contribution is 6.37. The first kappa shape index (κ1) is 15.4. The van der Waals surface area contributed by atoms with Crippen LogP contribution in [0.2, 0.25) is 5.02 Å². The Kier molecular flexibility index (Phi) is 3.51. The van der Waals surface area contributed by atoms with Crippen molar-refractivity contribution in [2.45, 2.75) is 18.9 Å². The highest BCUT2D eigenvalue weighted by Crippen LogP contribution is 2.38. The number of hydrogen-bond donors (Lipinski definition) is 1. The van der Waals surface area contributed by atoms with E-state index in [4.69, 9.17) is 17.3 Å². The molecule has 4 rings (SSSR count). The van der Waals surface area contributed by atoms with Gasteiger partial charge in [-0.3, -0.25) is 14.5 Å². The van der Waals surface area contributed by atoms with Crippen LogP contribution in [0.1, 0.15) is 33.6 Å². The van der Waals surface area contributed by atoms with E-state index in [0.717, 1.165) is 19.4 Å². The van der Waals surface area contributed by atoms with Crippen molar-refractivity contribution in [2.75, 3.05) is 25.9 Å². The zero-order chi connectivity index (χ0) is 17.0. The van der Waals surface area contributed by atoms with Crippen LogP contribution in [0, 0.1) is 0 Å². The second kappa shape index (κ2) is 5.46. The number of likely N-dealkylation sites (tertiary alicyclic amines) is 1. The Labute approximate surface area is 145 Å². The predicted molar refractivity (Wildman–Crippen MR) is 94.4 cm³/mol. The van der Waals surface area contributed by atoms with Gasteiger partial charge in [-0.2, -0.15) is 0 Å². The molecule has 124 valence electrons. The van der Waals surface area contributed by atoms with Gasteiger partial charge >= 0.3 is 0 Å². The number of nitrogens with zero attached hydrogens (tertiary/aromatic N) is 2. The zero-order valence-corrected chi connectivity index (χ0v) is 14.1. The third-order valence-corrected chi connectivity index (χ3v) is 5.33. The average Bonchev–Trinajstić information content (AvgIpc) is 2.56. The lowest BCUT2D eigenvalue weighted by molar-refractivity contribution is 0.0458. The molecule has 2 amide bonds. The molecule has 0 saturated carbocycles. The summed E-state index contributed by atoms with van der Waals surface area (Å²) in [6.07, 6.45) is 1.80. The van der Waals surface area contributed by atoms with Crippen LogP contribution < -0.4 is 5.73 Å². The van der Waals surface area contributed by atoms with E-state index in [9.17, 15) is 9.59 Å². The summed E-state index contributed by atoms with van der Waals surface area (Å²) < 4.78 is 0. The van der Waals surface area contributed by atoms with Crippen LogP contribution in [0.5, 0.6) is 0 Å². The van der Waals surface area contributed by atoms with Gasteiger partial charge in [0.15, 0.2) is 0 Å². The Balaban J connectivity index is 1.90. The lowest BCUT2D eigenvalue weighted by Crippen LogP contribution is -2.53. The maximum Gasteiger partial charge on any atom is 0.261 e. The van der Waals surface area contributed by atoms with E-state index in [1.165, 1.54) is 4.90 Å². The molecular formula is C18H18ClN3O2. The summed E-state index contributed by atoms with van der Waals surface area (Å²) in [4.78, 5) is 29.7. The van der Waals surface area contributed by atoms with E-state index in [-0.39, 0.29) is 17.9 Å². The molecule has 24 heavy (non-hydrogen) atoms. The average molecular weight is 344 g/mol. The first-order valence-electron chi connectivity index (χ1n) is 8.06. The molecule has 2 aliphatic heterocycles. The van der Waals surface area contributed by atoms with Crippen LogP contribution in [0.25, 0.3) is 10.8 Å². The summed E-state index contributed by atoms with van der Waals surface area (Å²) in [5.41, 5.74) is 7.44. The van der Waals surface area contributed by atoms with E-state index in [1.54, 1.807) is 24.3 Å². The summed E-state index contributed by atoms with van der Waals surface area (Å²) in [5.74, 6) is -0.508. The minimum absolute atomic E-state index is 0.108. The van der Waals surface area contributed by atoms with Crippen molar-refractivity contribution in [1.82, 2.24) is 9.80 Å². The van der Waals surface area contributed by atoms with Gasteiger partial charge in [0.25, 0.3) is 11.8 Å². The van der Waals surface area contributed by atoms with Crippen molar-refractivity contribution >= 4 is 39.9 Å². The number of amides is 2. The fraction of sp³-hybridized carbons (Fsp3) is 0.333. The number of rotatable bonds is 1. The number of likely N-dealkylation sites (N-methyl/N-ethyl adjacent to an activating group) is 1. The van der Waals surface area contributed by atoms with Gasteiger partial charge in [-0.05, 0) is 38.6 Å². The molecule has 6 heteroatoms. The lowest BCUT2D eigenvalue weighted by atomic mass is 9.91. The summed E-state index contributed by atoms with van der Waals surface area (Å²) in [6, 6.07) is 6.83. The highest BCUT2D eigenvalue weighted by atomic mass is 35.5. The number of nitrogens with two attached hydrogens (primary N) is 1. The van der Waals surface area contributed by atoms with Crippen molar-refractivity contribution in [3.8, 4) is 0 Å².